The van der Waals surface area contributed by atoms with Gasteiger partial charge in [0, 0.05) is 56.2 Å². The first-order valence-corrected chi connectivity index (χ1v) is 11.1. The van der Waals surface area contributed by atoms with Crippen molar-refractivity contribution in [3.63, 3.8) is 0 Å². The van der Waals surface area contributed by atoms with Gasteiger partial charge in [-0.05, 0) is 50.6 Å². The molecule has 1 saturated heterocycles. The Hall–Kier alpha value is -1.72. The van der Waals surface area contributed by atoms with Crippen LogP contribution in [0.15, 0.2) is 54.6 Å². The van der Waals surface area contributed by atoms with Crippen LogP contribution in [0.3, 0.4) is 0 Å². The summed E-state index contributed by atoms with van der Waals surface area (Å²) in [4.78, 5) is 17.2. The lowest BCUT2D eigenvalue weighted by Crippen LogP contribution is -2.53. The van der Waals surface area contributed by atoms with Crippen molar-refractivity contribution in [2.75, 3.05) is 32.7 Å². The van der Waals surface area contributed by atoms with Gasteiger partial charge in [-0.1, -0.05) is 41.9 Å². The number of carbonyl (C=O) groups is 1. The van der Waals surface area contributed by atoms with Gasteiger partial charge in [-0.2, -0.15) is 0 Å². The van der Waals surface area contributed by atoms with Crippen molar-refractivity contribution in [2.45, 2.75) is 45.4 Å². The number of carbonyl (C=O) groups excluding carboxylic acids is 1. The summed E-state index contributed by atoms with van der Waals surface area (Å²) in [5.41, 5.74) is 1.84. The number of hydrogen-bond donors (Lipinski definition) is 0. The molecule has 0 radical (unpaired) electrons. The first kappa shape index (κ1) is 23.0. The second-order valence-electron chi connectivity index (χ2n) is 8.93. The third kappa shape index (κ3) is 7.21. The zero-order valence-electron chi connectivity index (χ0n) is 18.3. The average molecular weight is 429 g/mol. The van der Waals surface area contributed by atoms with Crippen LogP contribution >= 0.6 is 11.6 Å². The van der Waals surface area contributed by atoms with E-state index in [1.807, 2.05) is 6.07 Å². The van der Waals surface area contributed by atoms with E-state index in [9.17, 15) is 4.79 Å². The molecule has 0 bridgehead atoms. The first-order chi connectivity index (χ1) is 14.3. The van der Waals surface area contributed by atoms with Gasteiger partial charge >= 0.3 is 0 Å². The van der Waals surface area contributed by atoms with Crippen LogP contribution in [0.1, 0.15) is 43.1 Å². The van der Waals surface area contributed by atoms with E-state index in [1.165, 1.54) is 5.56 Å². The Labute approximate surface area is 185 Å². The smallest absolute Gasteiger partial charge is 0.164 e. The number of benzene rings is 2. The SMILES string of the molecule is CC(C)(C)OC(Cc1ccccc1)N1CCN(CCC(=O)c2ccc(Cl)cc2)CC1. The number of nitrogens with zero attached hydrogens (tertiary/aromatic N) is 2. The van der Waals surface area contributed by atoms with Crippen molar-refractivity contribution in [3.8, 4) is 0 Å². The van der Waals surface area contributed by atoms with Crippen molar-refractivity contribution in [3.05, 3.63) is 70.7 Å². The average Bonchev–Trinajstić information content (AvgIpc) is 2.72. The largest absolute Gasteiger partial charge is 0.357 e. The van der Waals surface area contributed by atoms with E-state index in [-0.39, 0.29) is 17.6 Å². The molecule has 4 nitrogen and oxygen atoms in total. The molecule has 162 valence electrons. The fourth-order valence-corrected chi connectivity index (χ4v) is 3.91. The van der Waals surface area contributed by atoms with Crippen LogP contribution in [0.25, 0.3) is 0 Å². The molecule has 1 aliphatic heterocycles. The second kappa shape index (κ2) is 10.5. The zero-order chi connectivity index (χ0) is 21.6. The quantitative estimate of drug-likeness (QED) is 0.559. The lowest BCUT2D eigenvalue weighted by molar-refractivity contribution is -0.140. The number of Topliss-reactive ketones (excluding diaryl/α,β-unsaturated/α-hetero) is 1. The van der Waals surface area contributed by atoms with E-state index in [2.05, 4.69) is 54.8 Å². The van der Waals surface area contributed by atoms with Gasteiger partial charge < -0.3 is 9.64 Å². The number of piperazine rings is 1. The van der Waals surface area contributed by atoms with E-state index in [0.29, 0.717) is 11.4 Å². The predicted molar refractivity (Wildman–Crippen MR) is 123 cm³/mol. The summed E-state index contributed by atoms with van der Waals surface area (Å²) in [6.07, 6.45) is 1.48. The molecule has 0 saturated carbocycles. The molecule has 3 rings (SSSR count). The molecule has 0 aliphatic carbocycles. The van der Waals surface area contributed by atoms with Crippen molar-refractivity contribution in [1.29, 1.82) is 0 Å². The maximum atomic E-state index is 12.4. The topological polar surface area (TPSA) is 32.8 Å². The van der Waals surface area contributed by atoms with Crippen LogP contribution in [0, 0.1) is 0 Å². The van der Waals surface area contributed by atoms with Crippen LogP contribution in [0.4, 0.5) is 0 Å². The first-order valence-electron chi connectivity index (χ1n) is 10.8. The highest BCUT2D eigenvalue weighted by Gasteiger charge is 2.28. The monoisotopic (exact) mass is 428 g/mol. The molecule has 5 heteroatoms. The maximum Gasteiger partial charge on any atom is 0.164 e. The second-order valence-corrected chi connectivity index (χ2v) is 9.37. The summed E-state index contributed by atoms with van der Waals surface area (Å²) in [5, 5.41) is 0.658. The number of rotatable bonds is 8. The van der Waals surface area contributed by atoms with Crippen molar-refractivity contribution in [2.24, 2.45) is 0 Å². The highest BCUT2D eigenvalue weighted by molar-refractivity contribution is 6.30. The van der Waals surface area contributed by atoms with Crippen LogP contribution in [-0.4, -0.2) is 60.1 Å². The minimum absolute atomic E-state index is 0.0604. The lowest BCUT2D eigenvalue weighted by Gasteiger charge is -2.41. The molecule has 1 atom stereocenters. The highest BCUT2D eigenvalue weighted by atomic mass is 35.5. The molecule has 1 heterocycles. The molecule has 1 unspecified atom stereocenters. The Morgan fingerprint density at radius 2 is 1.63 bits per heavy atom. The number of hydrogen-bond acceptors (Lipinski definition) is 4. The van der Waals surface area contributed by atoms with E-state index >= 15 is 0 Å². The Morgan fingerprint density at radius 1 is 1.00 bits per heavy atom. The van der Waals surface area contributed by atoms with Crippen molar-refractivity contribution in [1.82, 2.24) is 9.80 Å². The summed E-state index contributed by atoms with van der Waals surface area (Å²) in [5.74, 6) is 0.173. The molecule has 0 spiro atoms. The minimum Gasteiger partial charge on any atom is -0.357 e. The van der Waals surface area contributed by atoms with Crippen molar-refractivity contribution >= 4 is 17.4 Å². The van der Waals surface area contributed by atoms with Gasteiger partial charge in [-0.3, -0.25) is 9.69 Å². The fraction of sp³-hybridized carbons (Fsp3) is 0.480. The number of ether oxygens (including phenoxy) is 1. The highest BCUT2D eigenvalue weighted by Crippen LogP contribution is 2.20. The Kier molecular flexibility index (Phi) is 8.06. The zero-order valence-corrected chi connectivity index (χ0v) is 19.1. The Bertz CT molecular complexity index is 794. The van der Waals surface area contributed by atoms with E-state index < -0.39 is 0 Å². The molecule has 0 aromatic heterocycles. The van der Waals surface area contributed by atoms with Gasteiger partial charge in [0.1, 0.15) is 6.23 Å². The molecule has 30 heavy (non-hydrogen) atoms. The summed E-state index contributed by atoms with van der Waals surface area (Å²) >= 11 is 5.91. The summed E-state index contributed by atoms with van der Waals surface area (Å²) in [6, 6.07) is 17.7. The molecular weight excluding hydrogens is 396 g/mol. The Morgan fingerprint density at radius 3 is 2.23 bits per heavy atom. The minimum atomic E-state index is -0.193. The van der Waals surface area contributed by atoms with Crippen LogP contribution in [-0.2, 0) is 11.2 Å². The normalized spacial score (nSPS) is 17.1. The summed E-state index contributed by atoms with van der Waals surface area (Å²) < 4.78 is 6.42. The standard InChI is InChI=1S/C25H33ClN2O2/c1-25(2,3)30-24(19-20-7-5-4-6-8-20)28-17-15-27(16-18-28)14-13-23(29)21-9-11-22(26)12-10-21/h4-12,24H,13-19H2,1-3H3. The molecule has 0 amide bonds. The van der Waals surface area contributed by atoms with E-state index in [0.717, 1.165) is 44.7 Å². The van der Waals surface area contributed by atoms with Gasteiger partial charge in [0.05, 0.1) is 5.60 Å². The predicted octanol–water partition coefficient (Wildman–Crippen LogP) is 4.91. The lowest BCUT2D eigenvalue weighted by atomic mass is 10.1. The molecule has 2 aromatic rings. The van der Waals surface area contributed by atoms with Gasteiger partial charge in [0.15, 0.2) is 5.78 Å². The molecule has 2 aromatic carbocycles. The van der Waals surface area contributed by atoms with Gasteiger partial charge in [-0.15, -0.1) is 0 Å². The van der Waals surface area contributed by atoms with E-state index in [1.54, 1.807) is 24.3 Å². The fourth-order valence-electron chi connectivity index (χ4n) is 3.78. The third-order valence-corrected chi connectivity index (χ3v) is 5.63. The van der Waals surface area contributed by atoms with Crippen LogP contribution < -0.4 is 0 Å². The Balaban J connectivity index is 1.51. The van der Waals surface area contributed by atoms with Gasteiger partial charge in [0.2, 0.25) is 0 Å². The number of halogens is 1. The van der Waals surface area contributed by atoms with E-state index in [4.69, 9.17) is 16.3 Å². The number of ketones is 1. The van der Waals surface area contributed by atoms with Crippen LogP contribution in [0.2, 0.25) is 5.02 Å². The van der Waals surface area contributed by atoms with Crippen LogP contribution in [0.5, 0.6) is 0 Å². The molecular formula is C25H33ClN2O2. The van der Waals surface area contributed by atoms with Gasteiger partial charge in [0.25, 0.3) is 0 Å². The summed E-state index contributed by atoms with van der Waals surface area (Å²) in [6.45, 7) is 10.9. The molecule has 1 fully saturated rings. The third-order valence-electron chi connectivity index (χ3n) is 5.38. The maximum absolute atomic E-state index is 12.4. The molecule has 0 N–H and O–H groups in total. The van der Waals surface area contributed by atoms with Crippen molar-refractivity contribution < 1.29 is 9.53 Å². The summed E-state index contributed by atoms with van der Waals surface area (Å²) in [7, 11) is 0. The van der Waals surface area contributed by atoms with Gasteiger partial charge in [-0.25, -0.2) is 0 Å². The molecule has 1 aliphatic rings.